The number of phenolic OH excluding ortho intramolecular Hbond substituents is 1. The Kier molecular flexibility index (Phi) is 4.70. The van der Waals surface area contributed by atoms with Gasteiger partial charge in [0.1, 0.15) is 5.75 Å². The van der Waals surface area contributed by atoms with E-state index in [9.17, 15) is 5.11 Å². The molecule has 1 atom stereocenters. The standard InChI is InChI=1S/C15H15Cl2NO/c1-10(11-4-2-6-13(16)8-11)18-9-12-5-3-7-14(17)15(12)19/h2-8,10,18-19H,9H2,1H3. The van der Waals surface area contributed by atoms with Crippen molar-refractivity contribution in [3.05, 3.63) is 63.6 Å². The third-order valence-electron chi connectivity index (χ3n) is 3.02. The van der Waals surface area contributed by atoms with Gasteiger partial charge in [-0.3, -0.25) is 0 Å². The van der Waals surface area contributed by atoms with Gasteiger partial charge in [0.05, 0.1) is 5.02 Å². The third-order valence-corrected chi connectivity index (χ3v) is 3.56. The van der Waals surface area contributed by atoms with Crippen LogP contribution in [0.1, 0.15) is 24.1 Å². The van der Waals surface area contributed by atoms with Crippen LogP contribution in [0.15, 0.2) is 42.5 Å². The summed E-state index contributed by atoms with van der Waals surface area (Å²) in [6.45, 7) is 2.59. The van der Waals surface area contributed by atoms with E-state index in [4.69, 9.17) is 23.2 Å². The van der Waals surface area contributed by atoms with Crippen LogP contribution in [0.4, 0.5) is 0 Å². The van der Waals surface area contributed by atoms with Gasteiger partial charge in [-0.25, -0.2) is 0 Å². The van der Waals surface area contributed by atoms with Gasteiger partial charge in [0, 0.05) is 23.2 Å². The molecule has 0 aliphatic carbocycles. The molecule has 19 heavy (non-hydrogen) atoms. The van der Waals surface area contributed by atoms with Crippen LogP contribution >= 0.6 is 23.2 Å². The highest BCUT2D eigenvalue weighted by Crippen LogP contribution is 2.27. The van der Waals surface area contributed by atoms with Gasteiger partial charge in [-0.05, 0) is 30.7 Å². The lowest BCUT2D eigenvalue weighted by atomic mass is 10.1. The Labute approximate surface area is 123 Å². The molecule has 4 heteroatoms. The van der Waals surface area contributed by atoms with E-state index in [2.05, 4.69) is 5.32 Å². The molecule has 0 saturated heterocycles. The highest BCUT2D eigenvalue weighted by molar-refractivity contribution is 6.32. The average molecular weight is 296 g/mol. The van der Waals surface area contributed by atoms with Gasteiger partial charge in [0.25, 0.3) is 0 Å². The number of rotatable bonds is 4. The smallest absolute Gasteiger partial charge is 0.138 e. The van der Waals surface area contributed by atoms with Crippen molar-refractivity contribution < 1.29 is 5.11 Å². The fraction of sp³-hybridized carbons (Fsp3) is 0.200. The van der Waals surface area contributed by atoms with Gasteiger partial charge in [-0.2, -0.15) is 0 Å². The summed E-state index contributed by atoms with van der Waals surface area (Å²) in [5.41, 5.74) is 1.88. The summed E-state index contributed by atoms with van der Waals surface area (Å²) in [7, 11) is 0. The van der Waals surface area contributed by atoms with Crippen molar-refractivity contribution in [1.82, 2.24) is 5.32 Å². The minimum absolute atomic E-state index is 0.134. The van der Waals surface area contributed by atoms with E-state index in [-0.39, 0.29) is 11.8 Å². The lowest BCUT2D eigenvalue weighted by Gasteiger charge is -2.15. The first kappa shape index (κ1) is 14.2. The van der Waals surface area contributed by atoms with Gasteiger partial charge in [0.15, 0.2) is 0 Å². The maximum atomic E-state index is 9.83. The van der Waals surface area contributed by atoms with Crippen LogP contribution in [-0.2, 0) is 6.54 Å². The molecule has 2 N–H and O–H groups in total. The summed E-state index contributed by atoms with van der Waals surface area (Å²) in [6.07, 6.45) is 0. The number of nitrogens with one attached hydrogen (secondary N) is 1. The Morgan fingerprint density at radius 3 is 2.63 bits per heavy atom. The maximum Gasteiger partial charge on any atom is 0.138 e. The number of halogens is 2. The number of hydrogen-bond donors (Lipinski definition) is 2. The monoisotopic (exact) mass is 295 g/mol. The molecule has 0 radical (unpaired) electrons. The minimum Gasteiger partial charge on any atom is -0.506 e. The fourth-order valence-corrected chi connectivity index (χ4v) is 2.25. The van der Waals surface area contributed by atoms with E-state index in [1.807, 2.05) is 43.3 Å². The number of hydrogen-bond acceptors (Lipinski definition) is 2. The molecule has 2 aromatic rings. The molecule has 2 rings (SSSR count). The Balaban J connectivity index is 2.04. The molecule has 0 aromatic heterocycles. The second kappa shape index (κ2) is 6.29. The average Bonchev–Trinajstić information content (AvgIpc) is 2.40. The fourth-order valence-electron chi connectivity index (χ4n) is 1.86. The van der Waals surface area contributed by atoms with Crippen molar-refractivity contribution in [2.75, 3.05) is 0 Å². The van der Waals surface area contributed by atoms with E-state index >= 15 is 0 Å². The number of benzene rings is 2. The van der Waals surface area contributed by atoms with Crippen molar-refractivity contribution in [2.24, 2.45) is 0 Å². The van der Waals surface area contributed by atoms with Gasteiger partial charge >= 0.3 is 0 Å². The summed E-state index contributed by atoms with van der Waals surface area (Å²) in [4.78, 5) is 0. The van der Waals surface area contributed by atoms with Crippen molar-refractivity contribution >= 4 is 23.2 Å². The molecule has 0 fully saturated rings. The van der Waals surface area contributed by atoms with Crippen molar-refractivity contribution in [3.63, 3.8) is 0 Å². The molecular weight excluding hydrogens is 281 g/mol. The van der Waals surface area contributed by atoms with Crippen LogP contribution in [0.2, 0.25) is 10.0 Å². The van der Waals surface area contributed by atoms with Crippen LogP contribution in [0, 0.1) is 0 Å². The van der Waals surface area contributed by atoms with E-state index < -0.39 is 0 Å². The molecule has 1 unspecified atom stereocenters. The Morgan fingerprint density at radius 1 is 1.16 bits per heavy atom. The largest absolute Gasteiger partial charge is 0.506 e. The Morgan fingerprint density at radius 2 is 1.89 bits per heavy atom. The summed E-state index contributed by atoms with van der Waals surface area (Å²) in [5.74, 6) is 0.134. The van der Waals surface area contributed by atoms with Gasteiger partial charge in [-0.1, -0.05) is 47.5 Å². The first-order valence-corrected chi connectivity index (χ1v) is 6.78. The van der Waals surface area contributed by atoms with E-state index in [0.717, 1.165) is 16.1 Å². The van der Waals surface area contributed by atoms with Crippen LogP contribution in [0.3, 0.4) is 0 Å². The quantitative estimate of drug-likeness (QED) is 0.867. The van der Waals surface area contributed by atoms with Crippen molar-refractivity contribution in [2.45, 2.75) is 19.5 Å². The third kappa shape index (κ3) is 3.63. The minimum atomic E-state index is 0.134. The van der Waals surface area contributed by atoms with E-state index in [0.29, 0.717) is 11.6 Å². The number of para-hydroxylation sites is 1. The molecule has 0 spiro atoms. The topological polar surface area (TPSA) is 32.3 Å². The predicted octanol–water partition coefficient (Wildman–Crippen LogP) is 4.55. The second-order valence-corrected chi connectivity index (χ2v) is 5.25. The molecule has 2 aromatic carbocycles. The van der Waals surface area contributed by atoms with Crippen molar-refractivity contribution in [3.8, 4) is 5.75 Å². The Hall–Kier alpha value is -1.22. The normalized spacial score (nSPS) is 12.4. The lowest BCUT2D eigenvalue weighted by Crippen LogP contribution is -2.18. The van der Waals surface area contributed by atoms with E-state index in [1.165, 1.54) is 0 Å². The van der Waals surface area contributed by atoms with Gasteiger partial charge in [0.2, 0.25) is 0 Å². The Bertz CT molecular complexity index is 572. The summed E-state index contributed by atoms with van der Waals surface area (Å²) < 4.78 is 0. The molecule has 0 bridgehead atoms. The highest BCUT2D eigenvalue weighted by Gasteiger charge is 2.08. The summed E-state index contributed by atoms with van der Waals surface area (Å²) in [6, 6.07) is 13.2. The SMILES string of the molecule is CC(NCc1cccc(Cl)c1O)c1cccc(Cl)c1. The zero-order chi connectivity index (χ0) is 13.8. The first-order chi connectivity index (χ1) is 9.08. The molecule has 100 valence electrons. The van der Waals surface area contributed by atoms with Crippen LogP contribution in [-0.4, -0.2) is 5.11 Å². The molecule has 0 heterocycles. The second-order valence-electron chi connectivity index (χ2n) is 4.41. The lowest BCUT2D eigenvalue weighted by molar-refractivity contribution is 0.460. The molecule has 0 aliphatic heterocycles. The zero-order valence-electron chi connectivity index (χ0n) is 10.5. The predicted molar refractivity (Wildman–Crippen MR) is 79.8 cm³/mol. The first-order valence-electron chi connectivity index (χ1n) is 6.03. The van der Waals surface area contributed by atoms with E-state index in [1.54, 1.807) is 6.07 Å². The highest BCUT2D eigenvalue weighted by atomic mass is 35.5. The molecule has 0 aliphatic rings. The maximum absolute atomic E-state index is 9.83. The molecular formula is C15H15Cl2NO. The van der Waals surface area contributed by atoms with Gasteiger partial charge in [-0.15, -0.1) is 0 Å². The molecule has 2 nitrogen and oxygen atoms in total. The number of aromatic hydroxyl groups is 1. The van der Waals surface area contributed by atoms with Crippen LogP contribution < -0.4 is 5.32 Å². The zero-order valence-corrected chi connectivity index (χ0v) is 12.0. The molecule has 0 amide bonds. The van der Waals surface area contributed by atoms with Crippen LogP contribution in [0.25, 0.3) is 0 Å². The number of phenols is 1. The van der Waals surface area contributed by atoms with Gasteiger partial charge < -0.3 is 10.4 Å². The van der Waals surface area contributed by atoms with Crippen molar-refractivity contribution in [1.29, 1.82) is 0 Å². The summed E-state index contributed by atoms with van der Waals surface area (Å²) in [5, 5.41) is 14.3. The summed E-state index contributed by atoms with van der Waals surface area (Å²) >= 11 is 11.8. The van der Waals surface area contributed by atoms with Crippen LogP contribution in [0.5, 0.6) is 5.75 Å². The molecule has 0 saturated carbocycles.